The molecule has 8 nitrogen and oxygen atoms in total. The number of nitrogens with one attached hydrogen (secondary N) is 1. The Balaban J connectivity index is 0.983. The van der Waals surface area contributed by atoms with Gasteiger partial charge >= 0.3 is 0 Å². The minimum atomic E-state index is -0.450. The summed E-state index contributed by atoms with van der Waals surface area (Å²) >= 11 is 3.37. The highest BCUT2D eigenvalue weighted by Crippen LogP contribution is 2.40. The Morgan fingerprint density at radius 1 is 0.712 bits per heavy atom. The van der Waals surface area contributed by atoms with Gasteiger partial charge < -0.3 is 15.1 Å². The van der Waals surface area contributed by atoms with Crippen LogP contribution in [-0.4, -0.2) is 56.6 Å². The Bertz CT molecular complexity index is 1830. The molecule has 2 saturated heterocycles. The van der Waals surface area contributed by atoms with Crippen LogP contribution in [0.3, 0.4) is 0 Å². The maximum absolute atomic E-state index is 13.8. The quantitative estimate of drug-likeness (QED) is 0.123. The molecule has 3 aliphatic rings. The van der Waals surface area contributed by atoms with E-state index >= 15 is 0 Å². The second-order valence-electron chi connectivity index (χ2n) is 14.6. The van der Waals surface area contributed by atoms with Crippen molar-refractivity contribution in [3.8, 4) is 32.0 Å². The van der Waals surface area contributed by atoms with Gasteiger partial charge in [0.25, 0.3) is 0 Å². The number of rotatable bonds is 15. The van der Waals surface area contributed by atoms with E-state index in [9.17, 15) is 14.4 Å². The molecule has 4 heterocycles. The number of carbonyl (C=O) groups is 3. The van der Waals surface area contributed by atoms with Crippen LogP contribution in [0.25, 0.3) is 32.0 Å². The first-order chi connectivity index (χ1) is 25.4. The number of nitrogens with zero attached hydrogens (tertiary/aromatic N) is 4. The normalized spacial score (nSPS) is 19.3. The van der Waals surface area contributed by atoms with Gasteiger partial charge in [0.05, 0.1) is 21.8 Å². The van der Waals surface area contributed by atoms with E-state index in [-0.39, 0.29) is 35.7 Å². The first-order valence-corrected chi connectivity index (χ1v) is 21.1. The smallest absolute Gasteiger partial charge is 0.245 e. The van der Waals surface area contributed by atoms with Crippen molar-refractivity contribution in [3.05, 3.63) is 70.9 Å². The lowest BCUT2D eigenvalue weighted by atomic mass is 10.0. The Hall–Kier alpha value is -3.89. The Labute approximate surface area is 316 Å². The van der Waals surface area contributed by atoms with E-state index in [0.717, 1.165) is 119 Å². The molecule has 2 aromatic carbocycles. The number of benzene rings is 2. The number of carbonyl (C=O) groups excluding carboxylic acids is 3. The van der Waals surface area contributed by atoms with Gasteiger partial charge in [-0.05, 0) is 73.6 Å². The number of hydrogen-bond acceptors (Lipinski definition) is 7. The second-order valence-corrected chi connectivity index (χ2v) is 16.8. The topological polar surface area (TPSA) is 95.5 Å². The number of thiazole rings is 2. The summed E-state index contributed by atoms with van der Waals surface area (Å²) in [6.45, 7) is 5.83. The van der Waals surface area contributed by atoms with E-state index in [1.807, 2.05) is 17.3 Å². The molecule has 1 unspecified atom stereocenters. The van der Waals surface area contributed by atoms with Crippen molar-refractivity contribution in [2.75, 3.05) is 13.1 Å². The van der Waals surface area contributed by atoms with Crippen molar-refractivity contribution in [1.29, 1.82) is 0 Å². The molecule has 2 aliphatic heterocycles. The summed E-state index contributed by atoms with van der Waals surface area (Å²) in [5.74, 6) is 0.434. The summed E-state index contributed by atoms with van der Waals surface area (Å²) in [5.41, 5.74) is 4.55. The highest BCUT2D eigenvalue weighted by atomic mass is 32.1. The Morgan fingerprint density at radius 3 is 1.77 bits per heavy atom. The summed E-state index contributed by atoms with van der Waals surface area (Å²) in [6.07, 6.45) is 16.0. The standard InChI is InChI=1S/C42H51N5O3S2/c1-3-5-7-13-38(48)46-24-8-11-34(46)40-43-26-36(51-40)30-18-14-28(15-19-30)29-16-20-31(21-17-29)37-27-44-41(52-37)35-12-9-25-47(35)42(50)33(10-6-4-2)45-39(49)32-22-23-32/h14-21,26-27,32-35H,3-13,22-25H2,1-2H3,(H,45,49)/t33?,34-,35-/m0/s1. The van der Waals surface area contributed by atoms with E-state index in [0.29, 0.717) is 19.4 Å². The predicted molar refractivity (Wildman–Crippen MR) is 210 cm³/mol. The molecule has 4 aromatic rings. The van der Waals surface area contributed by atoms with Crippen molar-refractivity contribution in [3.63, 3.8) is 0 Å². The van der Waals surface area contributed by atoms with Crippen LogP contribution in [0.5, 0.6) is 0 Å². The maximum Gasteiger partial charge on any atom is 0.245 e. The first-order valence-electron chi connectivity index (χ1n) is 19.5. The molecule has 7 rings (SSSR count). The van der Waals surface area contributed by atoms with Crippen LogP contribution in [0.4, 0.5) is 0 Å². The third-order valence-corrected chi connectivity index (χ3v) is 13.1. The third kappa shape index (κ3) is 8.33. The van der Waals surface area contributed by atoms with Crippen molar-refractivity contribution in [2.45, 2.75) is 115 Å². The number of likely N-dealkylation sites (tertiary alicyclic amines) is 2. The van der Waals surface area contributed by atoms with Crippen LogP contribution in [0, 0.1) is 5.92 Å². The van der Waals surface area contributed by atoms with Gasteiger partial charge in [-0.3, -0.25) is 14.4 Å². The van der Waals surface area contributed by atoms with Gasteiger partial charge in [-0.15, -0.1) is 22.7 Å². The third-order valence-electron chi connectivity index (χ3n) is 10.8. The molecule has 274 valence electrons. The van der Waals surface area contributed by atoms with E-state index in [2.05, 4.69) is 72.6 Å². The Morgan fingerprint density at radius 2 is 1.23 bits per heavy atom. The summed E-state index contributed by atoms with van der Waals surface area (Å²) in [6, 6.07) is 16.9. The molecule has 3 fully saturated rings. The number of hydrogen-bond donors (Lipinski definition) is 1. The first kappa shape index (κ1) is 36.5. The SMILES string of the molecule is CCCCCC(=O)N1CCC[C@H]1c1ncc(-c2ccc(-c3ccc(-c4cnc([C@@H]5CCCN5C(=O)C(CCCC)NC(=O)C5CC5)s4)cc3)cc2)s1. The van der Waals surface area contributed by atoms with Gasteiger partial charge in [-0.1, -0.05) is 88.1 Å². The molecular formula is C42H51N5O3S2. The number of aromatic nitrogens is 2. The molecule has 0 bridgehead atoms. The summed E-state index contributed by atoms with van der Waals surface area (Å²) in [7, 11) is 0. The van der Waals surface area contributed by atoms with Gasteiger partial charge in [0, 0.05) is 37.8 Å². The second kappa shape index (κ2) is 16.8. The van der Waals surface area contributed by atoms with Crippen molar-refractivity contribution in [1.82, 2.24) is 25.1 Å². The largest absolute Gasteiger partial charge is 0.344 e. The van der Waals surface area contributed by atoms with Crippen LogP contribution in [0.2, 0.25) is 0 Å². The van der Waals surface area contributed by atoms with Gasteiger partial charge in [-0.25, -0.2) is 9.97 Å². The zero-order valence-corrected chi connectivity index (χ0v) is 32.2. The van der Waals surface area contributed by atoms with Crippen LogP contribution in [0.1, 0.15) is 119 Å². The van der Waals surface area contributed by atoms with Gasteiger partial charge in [0.2, 0.25) is 17.7 Å². The molecule has 0 radical (unpaired) electrons. The van der Waals surface area contributed by atoms with E-state index in [4.69, 9.17) is 9.97 Å². The highest BCUT2D eigenvalue weighted by Gasteiger charge is 2.38. The minimum Gasteiger partial charge on any atom is -0.344 e. The summed E-state index contributed by atoms with van der Waals surface area (Å²) in [4.78, 5) is 55.1. The summed E-state index contributed by atoms with van der Waals surface area (Å²) < 4.78 is 0. The van der Waals surface area contributed by atoms with E-state index in [1.54, 1.807) is 22.7 Å². The Kier molecular flexibility index (Phi) is 11.8. The number of amides is 3. The lowest BCUT2D eigenvalue weighted by Gasteiger charge is -2.28. The van der Waals surface area contributed by atoms with Crippen molar-refractivity contribution in [2.24, 2.45) is 5.92 Å². The molecule has 2 aromatic heterocycles. The zero-order chi connectivity index (χ0) is 36.0. The molecular weight excluding hydrogens is 687 g/mol. The molecule has 0 spiro atoms. The fourth-order valence-corrected chi connectivity index (χ4v) is 9.73. The van der Waals surface area contributed by atoms with Crippen molar-refractivity contribution >= 4 is 40.4 Å². The molecule has 1 N–H and O–H groups in total. The monoisotopic (exact) mass is 737 g/mol. The van der Waals surface area contributed by atoms with Crippen LogP contribution < -0.4 is 5.32 Å². The number of unbranched alkanes of at least 4 members (excludes halogenated alkanes) is 3. The van der Waals surface area contributed by atoms with E-state index in [1.165, 1.54) is 0 Å². The average Bonchev–Trinajstić information content (AvgIpc) is 3.62. The fourth-order valence-electron chi connectivity index (χ4n) is 7.58. The van der Waals surface area contributed by atoms with Crippen LogP contribution in [-0.2, 0) is 14.4 Å². The molecule has 52 heavy (non-hydrogen) atoms. The highest BCUT2D eigenvalue weighted by molar-refractivity contribution is 7.15. The van der Waals surface area contributed by atoms with E-state index < -0.39 is 6.04 Å². The molecule has 10 heteroatoms. The minimum absolute atomic E-state index is 0.0358. The molecule has 1 saturated carbocycles. The lowest BCUT2D eigenvalue weighted by molar-refractivity contribution is -0.137. The average molecular weight is 738 g/mol. The van der Waals surface area contributed by atoms with Gasteiger partial charge in [0.15, 0.2) is 0 Å². The zero-order valence-electron chi connectivity index (χ0n) is 30.5. The molecule has 3 amide bonds. The van der Waals surface area contributed by atoms with Crippen LogP contribution in [0.15, 0.2) is 60.9 Å². The van der Waals surface area contributed by atoms with Crippen molar-refractivity contribution < 1.29 is 14.4 Å². The molecule has 3 atom stereocenters. The van der Waals surface area contributed by atoms with Gasteiger partial charge in [0.1, 0.15) is 16.1 Å². The lowest BCUT2D eigenvalue weighted by Crippen LogP contribution is -2.48. The van der Waals surface area contributed by atoms with Gasteiger partial charge in [-0.2, -0.15) is 0 Å². The van der Waals surface area contributed by atoms with Crippen LogP contribution >= 0.6 is 22.7 Å². The fraction of sp³-hybridized carbons (Fsp3) is 0.500. The maximum atomic E-state index is 13.8. The summed E-state index contributed by atoms with van der Waals surface area (Å²) in [5, 5.41) is 5.10. The predicted octanol–water partition coefficient (Wildman–Crippen LogP) is 9.59. The molecule has 1 aliphatic carbocycles.